The molecule has 2 heterocycles. The molecule has 0 spiro atoms. The largest absolute Gasteiger partial charge is 1.00 e. The van der Waals surface area contributed by atoms with Crippen LogP contribution in [0.15, 0.2) is 74.9 Å². The molecular formula is C89H158Cl6K2N4O23P2. The number of allylic oxidation sites excluding steroid dienone is 4. The number of carbonyl (C=O) groups excluding carboxylic acids is 3. The molecule has 2 amide bonds. The number of halogens is 6. The van der Waals surface area contributed by atoms with Crippen LogP contribution in [0.3, 0.4) is 0 Å². The maximum atomic E-state index is 14.1. The molecule has 0 radical (unpaired) electrons. The van der Waals surface area contributed by atoms with Gasteiger partial charge in [0.1, 0.15) is 54.8 Å². The van der Waals surface area contributed by atoms with Crippen molar-refractivity contribution in [1.29, 1.82) is 10.7 Å². The Kier molecular flexibility index (Phi) is 94.5. The van der Waals surface area contributed by atoms with Crippen LogP contribution in [-0.4, -0.2) is 192 Å². The molecule has 0 aromatic rings. The van der Waals surface area contributed by atoms with Gasteiger partial charge < -0.3 is 69.9 Å². The van der Waals surface area contributed by atoms with Gasteiger partial charge in [-0.1, -0.05) is 313 Å². The first-order chi connectivity index (χ1) is 59.6. The van der Waals surface area contributed by atoms with E-state index in [0.29, 0.717) is 25.7 Å². The third-order valence-corrected chi connectivity index (χ3v) is 23.6. The van der Waals surface area contributed by atoms with Crippen molar-refractivity contribution in [2.24, 2.45) is 0 Å². The van der Waals surface area contributed by atoms with Gasteiger partial charge in [-0.2, -0.15) is 5.26 Å². The van der Waals surface area contributed by atoms with Crippen molar-refractivity contribution in [2.45, 2.75) is 378 Å². The van der Waals surface area contributed by atoms with Crippen molar-refractivity contribution in [3.05, 3.63) is 74.9 Å². The van der Waals surface area contributed by atoms with Gasteiger partial charge in [-0.05, 0) is 89.9 Å². The number of ether oxygens (including phenoxy) is 9. The molecular weight excluding hydrogens is 1850 g/mol. The smallest absolute Gasteiger partial charge is 1.00 e. The summed E-state index contributed by atoms with van der Waals surface area (Å²) in [5.74, 6) is -1.29. The number of amides is 2. The zero-order valence-corrected chi connectivity index (χ0v) is 90.4. The topological polar surface area (TPSA) is 348 Å². The van der Waals surface area contributed by atoms with Crippen molar-refractivity contribution < 1.29 is 213 Å². The molecule has 12 atom stereocenters. The summed E-state index contributed by atoms with van der Waals surface area (Å²) in [5.41, 5.74) is 0. The maximum absolute atomic E-state index is 14.1. The van der Waals surface area contributed by atoms with Gasteiger partial charge in [-0.15, -0.1) is 26.3 Å². The standard InChI is InChI=1S/C44H78Cl3N2O10P.C42H78NO10P.C2Cl3N.CH2O3.2K.H/c1-7-11-13-15-16-17-18-19-20-21-22-23-24-26-28-30-38(50)49-39-41(54-34-31-36(53-6)29-27-25-14-12-8-2)40(59-60(51,55-32-9-3)56-33-10-4)37(35-52-5)57-42(39)58-43(48)44(45,46)47;1-7-11-13-15-16-17-18-19-20-21-22-23-24-26-28-30-38(44)43-39-41(49-34-31-36(48-6)29-27-25-14-12-8-2)40(37(35-47-5)52-42(39)45)53-54(46,50-32-9-3)51-33-10-4;3-2(4,5)1-6;2-1-4-3;;;/h9-10,17-18,36-37,39-42,48H,3-4,7-8,11-16,19-35H2,1-2,5-6H3,(H,49,50);9-10,17-18,36-37,39-42,45H,3-4,7-8,11-16,19-35H2,1-2,5-6H3,(H,43,44);;1,3H;;;/q;;;;2*+1;-1/p-1/b18-17-,48-43?;18-17-;;;;;/t36-,37-,39-,40-,41-,42-;36-,37-,39-,40-,41-,42?;;;;;/m11...../s1. The quantitative estimate of drug-likeness (QED) is 0.00420. The van der Waals surface area contributed by atoms with E-state index in [9.17, 15) is 23.8 Å². The fraction of sp³-hybridized carbons (Fsp3) is 0.809. The minimum Gasteiger partial charge on any atom is -1.00 e. The number of nitriles is 1. The Labute approximate surface area is 874 Å². The first kappa shape index (κ1) is 133. The Hall–Kier alpha value is 0.643. The van der Waals surface area contributed by atoms with Crippen molar-refractivity contribution in [1.82, 2.24) is 10.6 Å². The van der Waals surface area contributed by atoms with E-state index in [4.69, 9.17) is 160 Å². The molecule has 2 rings (SSSR count). The van der Waals surface area contributed by atoms with Gasteiger partial charge in [-0.25, -0.2) is 9.13 Å². The molecule has 1 unspecified atom stereocenters. The van der Waals surface area contributed by atoms with Crippen molar-refractivity contribution in [2.75, 3.05) is 81.3 Å². The summed E-state index contributed by atoms with van der Waals surface area (Å²) < 4.78 is 112. The second kappa shape index (κ2) is 89.5. The number of carbonyl (C=O) groups is 3. The number of aliphatic hydroxyl groups is 1. The first-order valence-electron chi connectivity index (χ1n) is 44.9. The van der Waals surface area contributed by atoms with Gasteiger partial charge in [0, 0.05) is 54.5 Å². The Bertz CT molecular complexity index is 2860. The van der Waals surface area contributed by atoms with Crippen LogP contribution in [0, 0.1) is 16.7 Å². The molecule has 0 bridgehead atoms. The summed E-state index contributed by atoms with van der Waals surface area (Å²) in [6.07, 6.45) is 50.2. The Morgan fingerprint density at radius 3 is 1.12 bits per heavy atom. The summed E-state index contributed by atoms with van der Waals surface area (Å²) >= 11 is 32.8. The predicted octanol–water partition coefficient (Wildman–Crippen LogP) is 16.7. The van der Waals surface area contributed by atoms with Crippen LogP contribution in [0.4, 0.5) is 0 Å². The Balaban J connectivity index is -0.000000692. The predicted molar refractivity (Wildman–Crippen MR) is 496 cm³/mol. The van der Waals surface area contributed by atoms with E-state index in [1.54, 1.807) is 14.2 Å². The number of aliphatic hydroxyl groups excluding tert-OH is 1. The SMILES string of the molecule is C=CCOP(=O)(OCC=C)O[C@H]1[C@H](OCC[C@@H](CCCCCCC)OC)[C@@H](NC(=O)CCCCCCCCC/C=C\CCCCCC)C(O)O[C@@H]1COC.C=CCOP(=O)(OCC=C)O[C@H]1[C@H](OCC[C@@H](CCCCCCC)OC)[C@@H](NC(=O)CCCCCCCCC/C=C\CCCCCC)[C@@H](OC(=N)C(Cl)(Cl)Cl)O[C@@H]1COC.N#CC(Cl)(Cl)Cl.O=CO[O-].[H-].[K+].[K+]. The molecule has 0 saturated carbocycles. The van der Waals surface area contributed by atoms with Gasteiger partial charge in [0.05, 0.1) is 51.8 Å². The summed E-state index contributed by atoms with van der Waals surface area (Å²) in [5, 5.41) is 41.7. The van der Waals surface area contributed by atoms with E-state index in [0.717, 1.165) is 116 Å². The number of nitrogens with one attached hydrogen (secondary N) is 3. The maximum Gasteiger partial charge on any atom is 1.00 e. The fourth-order valence-electron chi connectivity index (χ4n) is 13.3. The summed E-state index contributed by atoms with van der Waals surface area (Å²) in [6, 6.07) is -0.767. The third-order valence-electron chi connectivity index (χ3n) is 19.9. The Morgan fingerprint density at radius 1 is 0.508 bits per heavy atom. The fourth-order valence-corrected chi connectivity index (χ4v) is 16.1. The normalized spacial score (nSPS) is 19.3. The molecule has 126 heavy (non-hydrogen) atoms. The number of unbranched alkanes of at least 4 members (excludes halogenated alkanes) is 30. The second-order valence-corrected chi connectivity index (χ2v) is 38.2. The van der Waals surface area contributed by atoms with Crippen LogP contribution >= 0.6 is 85.3 Å². The molecule has 0 aliphatic carbocycles. The van der Waals surface area contributed by atoms with Gasteiger partial charge in [0.25, 0.3) is 14.1 Å². The van der Waals surface area contributed by atoms with E-state index < -0.39 is 90.4 Å². The average Bonchev–Trinajstić information content (AvgIpc) is 0.789. The molecule has 0 aromatic carbocycles. The molecule has 27 nitrogen and oxygen atoms in total. The molecule has 2 aliphatic heterocycles. The number of hydrogen-bond acceptors (Lipinski definition) is 25. The zero-order valence-electron chi connectivity index (χ0n) is 78.8. The molecule has 2 fully saturated rings. The van der Waals surface area contributed by atoms with Crippen LogP contribution in [-0.2, 0) is 98.2 Å². The van der Waals surface area contributed by atoms with Crippen LogP contribution in [0.2, 0.25) is 0 Å². The van der Waals surface area contributed by atoms with Gasteiger partial charge in [0.15, 0.2) is 6.29 Å². The summed E-state index contributed by atoms with van der Waals surface area (Å²) in [6.45, 7) is 23.0. The number of hydrogen-bond donors (Lipinski definition) is 4. The number of methoxy groups -OCH3 is 4. The van der Waals surface area contributed by atoms with Gasteiger partial charge in [0.2, 0.25) is 24.0 Å². The number of alkyl halides is 6. The van der Waals surface area contributed by atoms with Crippen LogP contribution < -0.4 is 119 Å². The minimum atomic E-state index is -4.33. The summed E-state index contributed by atoms with van der Waals surface area (Å²) in [4.78, 5) is 38.2. The van der Waals surface area contributed by atoms with E-state index in [1.807, 2.05) is 0 Å². The molecule has 2 aliphatic rings. The first-order valence-corrected chi connectivity index (χ1v) is 50.1. The van der Waals surface area contributed by atoms with E-state index >= 15 is 0 Å². The summed E-state index contributed by atoms with van der Waals surface area (Å²) in [7, 11) is -2.24. The second-order valence-electron chi connectivity index (χ2n) is 30.4. The molecule has 726 valence electrons. The molecule has 0 aromatic heterocycles. The van der Waals surface area contributed by atoms with Crippen LogP contribution in [0.1, 0.15) is 299 Å². The molecule has 2 saturated heterocycles. The monoisotopic (exact) mass is 2000 g/mol. The van der Waals surface area contributed by atoms with Gasteiger partial charge >= 0.3 is 118 Å². The third kappa shape index (κ3) is 72.0. The molecule has 4 N–H and O–H groups in total. The van der Waals surface area contributed by atoms with E-state index in [1.165, 1.54) is 167 Å². The van der Waals surface area contributed by atoms with E-state index in [2.05, 4.69) is 93.8 Å². The van der Waals surface area contributed by atoms with Crippen molar-refractivity contribution >= 4 is 109 Å². The van der Waals surface area contributed by atoms with Crippen LogP contribution in [0.5, 0.6) is 0 Å². The number of phosphoric acid groups is 2. The average molecular weight is 2010 g/mol. The number of nitrogens with zero attached hydrogens (tertiary/aromatic N) is 1. The van der Waals surface area contributed by atoms with Crippen molar-refractivity contribution in [3.63, 3.8) is 0 Å². The number of rotatable bonds is 76. The number of phosphoric ester groups is 2. The van der Waals surface area contributed by atoms with Crippen molar-refractivity contribution in [3.8, 4) is 6.07 Å². The van der Waals surface area contributed by atoms with Gasteiger partial charge in [-0.3, -0.25) is 46.9 Å². The zero-order chi connectivity index (χ0) is 92.8. The van der Waals surface area contributed by atoms with E-state index in [-0.39, 0.29) is 194 Å². The van der Waals surface area contributed by atoms with Crippen LogP contribution in [0.25, 0.3) is 0 Å². The minimum absolute atomic E-state index is 0. The molecule has 37 heteroatoms. The Morgan fingerprint density at radius 2 is 0.810 bits per heavy atom.